The molecule has 2 N–H and O–H groups in total. The van der Waals surface area contributed by atoms with Crippen molar-refractivity contribution in [1.29, 1.82) is 0 Å². The molecule has 0 spiro atoms. The molecule has 0 bridgehead atoms. The molecule has 3 atom stereocenters. The molecule has 0 aliphatic heterocycles. The minimum Gasteiger partial charge on any atom is -0.456 e. The van der Waals surface area contributed by atoms with Gasteiger partial charge >= 0.3 is 13.8 Å². The molecule has 0 aromatic heterocycles. The maximum absolute atomic E-state index is 13.6. The van der Waals surface area contributed by atoms with Crippen LogP contribution >= 0.6 is 7.82 Å². The van der Waals surface area contributed by atoms with E-state index in [2.05, 4.69) is 62.5 Å². The number of hydrogen-bond acceptors (Lipinski definition) is 6. The number of nitrogens with one attached hydrogen (secondary N) is 1. The van der Waals surface area contributed by atoms with Crippen LogP contribution in [0.25, 0.3) is 0 Å². The molecule has 3 unspecified atom stereocenters. The summed E-state index contributed by atoms with van der Waals surface area (Å²) in [6, 6.07) is -0.849. The van der Waals surface area contributed by atoms with Gasteiger partial charge in [0.2, 0.25) is 5.91 Å². The van der Waals surface area contributed by atoms with Gasteiger partial charge in [-0.05, 0) is 70.3 Å². The Kier molecular flexibility index (Phi) is 54.7. The second-order valence-electron chi connectivity index (χ2n) is 23.3. The molecule has 0 saturated carbocycles. The fourth-order valence-electron chi connectivity index (χ4n) is 9.48. The van der Waals surface area contributed by atoms with Gasteiger partial charge in [0.15, 0.2) is 0 Å². The zero-order chi connectivity index (χ0) is 55.7. The van der Waals surface area contributed by atoms with Crippen molar-refractivity contribution in [2.75, 3.05) is 40.9 Å². The van der Waals surface area contributed by atoms with E-state index in [0.717, 1.165) is 83.5 Å². The molecule has 0 aromatic rings. The quantitative estimate of drug-likeness (QED) is 0.0205. The Morgan fingerprint density at radius 1 is 0.461 bits per heavy atom. The van der Waals surface area contributed by atoms with E-state index in [-0.39, 0.29) is 31.5 Å². The lowest BCUT2D eigenvalue weighted by atomic mass is 10.0. The lowest BCUT2D eigenvalue weighted by molar-refractivity contribution is -0.870. The molecule has 0 fully saturated rings. The van der Waals surface area contributed by atoms with Gasteiger partial charge in [0.1, 0.15) is 19.3 Å². The van der Waals surface area contributed by atoms with Crippen molar-refractivity contribution in [3.8, 4) is 0 Å². The van der Waals surface area contributed by atoms with Crippen LogP contribution in [0.5, 0.6) is 0 Å². The zero-order valence-corrected chi connectivity index (χ0v) is 51.9. The number of carbonyl (C=O) groups is 2. The summed E-state index contributed by atoms with van der Waals surface area (Å²) in [5, 5.41) is 3.06. The van der Waals surface area contributed by atoms with Crippen molar-refractivity contribution in [2.45, 2.75) is 322 Å². The molecular weight excluding hydrogens is 964 g/mol. The molecule has 1 amide bonds. The minimum atomic E-state index is -4.45. The van der Waals surface area contributed by atoms with Crippen molar-refractivity contribution in [3.63, 3.8) is 0 Å². The van der Waals surface area contributed by atoms with E-state index in [4.69, 9.17) is 13.8 Å². The number of esters is 1. The molecule has 76 heavy (non-hydrogen) atoms. The number of nitrogens with zero attached hydrogens (tertiary/aromatic N) is 1. The number of phosphoric ester groups is 1. The molecule has 0 radical (unpaired) electrons. The van der Waals surface area contributed by atoms with Gasteiger partial charge in [0, 0.05) is 12.8 Å². The molecular formula is C66H126N2O7P+. The first-order valence-electron chi connectivity index (χ1n) is 32.5. The Labute approximate surface area is 471 Å². The average molecular weight is 1090 g/mol. The summed E-state index contributed by atoms with van der Waals surface area (Å²) in [5.41, 5.74) is 0. The second kappa shape index (κ2) is 56.3. The fourth-order valence-corrected chi connectivity index (χ4v) is 10.2. The maximum Gasteiger partial charge on any atom is 0.472 e. The van der Waals surface area contributed by atoms with Crippen LogP contribution in [-0.2, 0) is 27.9 Å². The van der Waals surface area contributed by atoms with Crippen LogP contribution in [0.2, 0.25) is 0 Å². The highest BCUT2D eigenvalue weighted by atomic mass is 31.2. The van der Waals surface area contributed by atoms with Crippen molar-refractivity contribution < 1.29 is 37.3 Å². The Hall–Kier alpha value is -2.03. The zero-order valence-electron chi connectivity index (χ0n) is 51.0. The SMILES string of the molecule is CCCCC/C=C\C/C=C\C/C=C\CCCCCCCCCCC(=O)OC(/C=C/CCCCCCCCCCCCC)C(COP(=O)(O)OCC[N+](C)(C)C)NC(=O)CCCCCCCCCCCCCCCCCC. The molecule has 9 nitrogen and oxygen atoms in total. The second-order valence-corrected chi connectivity index (χ2v) is 24.7. The molecule has 0 saturated heterocycles. The number of phosphoric acid groups is 1. The third-order valence-electron chi connectivity index (χ3n) is 14.5. The molecule has 0 rings (SSSR count). The summed E-state index contributed by atoms with van der Waals surface area (Å²) in [4.78, 5) is 37.8. The lowest BCUT2D eigenvalue weighted by Crippen LogP contribution is -2.47. The van der Waals surface area contributed by atoms with Crippen LogP contribution in [0.3, 0.4) is 0 Å². The van der Waals surface area contributed by atoms with Gasteiger partial charge in [-0.1, -0.05) is 275 Å². The van der Waals surface area contributed by atoms with Gasteiger partial charge in [-0.3, -0.25) is 18.6 Å². The lowest BCUT2D eigenvalue weighted by Gasteiger charge is -2.27. The van der Waals surface area contributed by atoms with E-state index in [1.165, 1.54) is 193 Å². The smallest absolute Gasteiger partial charge is 0.456 e. The molecule has 0 aromatic carbocycles. The highest BCUT2D eigenvalue weighted by molar-refractivity contribution is 7.47. The Bertz CT molecular complexity index is 1440. The van der Waals surface area contributed by atoms with E-state index >= 15 is 0 Å². The number of allylic oxidation sites excluding steroid dienone is 7. The first kappa shape index (κ1) is 74.0. The van der Waals surface area contributed by atoms with E-state index in [1.54, 1.807) is 0 Å². The van der Waals surface area contributed by atoms with E-state index in [9.17, 15) is 19.0 Å². The average Bonchev–Trinajstić information content (AvgIpc) is 3.38. The number of unbranched alkanes of at least 4 members (excludes halogenated alkanes) is 37. The number of ether oxygens (including phenoxy) is 1. The van der Waals surface area contributed by atoms with Crippen LogP contribution < -0.4 is 5.32 Å². The van der Waals surface area contributed by atoms with Crippen molar-refractivity contribution >= 4 is 19.7 Å². The predicted molar refractivity (Wildman–Crippen MR) is 328 cm³/mol. The van der Waals surface area contributed by atoms with Crippen molar-refractivity contribution in [1.82, 2.24) is 5.32 Å². The number of rotatable bonds is 59. The number of amides is 1. The topological polar surface area (TPSA) is 111 Å². The van der Waals surface area contributed by atoms with Crippen LogP contribution in [0.15, 0.2) is 48.6 Å². The summed E-state index contributed by atoms with van der Waals surface area (Å²) < 4.78 is 30.7. The predicted octanol–water partition coefficient (Wildman–Crippen LogP) is 20.1. The number of quaternary nitrogens is 1. The molecule has 10 heteroatoms. The highest BCUT2D eigenvalue weighted by Crippen LogP contribution is 2.43. The summed E-state index contributed by atoms with van der Waals surface area (Å²) in [7, 11) is 1.50. The summed E-state index contributed by atoms with van der Waals surface area (Å²) >= 11 is 0. The number of likely N-dealkylation sites (N-methyl/N-ethyl adjacent to an activating group) is 1. The molecule has 446 valence electrons. The van der Waals surface area contributed by atoms with E-state index in [0.29, 0.717) is 17.4 Å². The maximum atomic E-state index is 13.6. The van der Waals surface area contributed by atoms with Gasteiger partial charge in [0.25, 0.3) is 0 Å². The molecule has 0 aliphatic rings. The third kappa shape index (κ3) is 56.7. The Morgan fingerprint density at radius 2 is 0.803 bits per heavy atom. The standard InChI is InChI=1S/C66H125N2O7P/c1-7-10-13-16-19-22-25-28-30-32-33-34-35-36-38-41-44-47-50-53-56-59-66(70)75-64(57-54-51-48-45-42-39-27-24-21-18-15-12-9-3)63(62-74-76(71,72)73-61-60-68(4,5)6)67-65(69)58-55-52-49-46-43-40-37-31-29-26-23-20-17-14-11-8-2/h19,22,28,30,33-34,54,57,63-64H,7-18,20-21,23-27,29,31-32,35-53,55-56,58-62H2,1-6H3,(H-,67,69,71,72)/p+1/b22-19-,30-28-,34-33-,57-54+. The Balaban J connectivity index is 5.23. The van der Waals surface area contributed by atoms with Crippen LogP contribution in [0.4, 0.5) is 0 Å². The summed E-state index contributed by atoms with van der Waals surface area (Å²) in [5.74, 6) is -0.500. The van der Waals surface area contributed by atoms with Crippen LogP contribution in [-0.4, -0.2) is 74.3 Å². The normalized spacial score (nSPS) is 13.9. The van der Waals surface area contributed by atoms with Gasteiger partial charge in [-0.15, -0.1) is 0 Å². The highest BCUT2D eigenvalue weighted by Gasteiger charge is 2.30. The first-order chi connectivity index (χ1) is 36.9. The largest absolute Gasteiger partial charge is 0.472 e. The minimum absolute atomic E-state index is 0.0404. The van der Waals surface area contributed by atoms with Gasteiger partial charge in [-0.25, -0.2) is 4.57 Å². The number of carbonyl (C=O) groups excluding carboxylic acids is 2. The van der Waals surface area contributed by atoms with E-state index in [1.807, 2.05) is 33.3 Å². The molecule has 0 heterocycles. The van der Waals surface area contributed by atoms with Gasteiger partial charge in [0.05, 0.1) is 33.8 Å². The van der Waals surface area contributed by atoms with Gasteiger partial charge in [-0.2, -0.15) is 0 Å². The third-order valence-corrected chi connectivity index (χ3v) is 15.5. The molecule has 0 aliphatic carbocycles. The summed E-state index contributed by atoms with van der Waals surface area (Å²) in [6.45, 7) is 7.02. The van der Waals surface area contributed by atoms with Crippen molar-refractivity contribution in [3.05, 3.63) is 48.6 Å². The van der Waals surface area contributed by atoms with Gasteiger partial charge < -0.3 is 19.4 Å². The van der Waals surface area contributed by atoms with Crippen LogP contribution in [0.1, 0.15) is 310 Å². The first-order valence-corrected chi connectivity index (χ1v) is 34.0. The monoisotopic (exact) mass is 1090 g/mol. The Morgan fingerprint density at radius 3 is 1.22 bits per heavy atom. The van der Waals surface area contributed by atoms with Crippen LogP contribution in [0, 0.1) is 0 Å². The number of hydrogen-bond donors (Lipinski definition) is 2. The summed E-state index contributed by atoms with van der Waals surface area (Å²) in [6.07, 6.45) is 69.6. The van der Waals surface area contributed by atoms with Crippen molar-refractivity contribution in [2.24, 2.45) is 0 Å². The fraction of sp³-hybridized carbons (Fsp3) is 0.848. The van der Waals surface area contributed by atoms with E-state index < -0.39 is 20.0 Å².